The average molecular weight is 128 g/mol. The fourth-order valence-electron chi connectivity index (χ4n) is 1.47. The van der Waals surface area contributed by atoms with Gasteiger partial charge >= 0.3 is 0 Å². The van der Waals surface area contributed by atoms with Gasteiger partial charge in [-0.2, -0.15) is 0 Å². The smallest absolute Gasteiger partial charge is 0.00889 e. The Hall–Kier alpha value is -0.0800. The molecular weight excluding hydrogens is 112 g/mol. The zero-order valence-electron chi connectivity index (χ0n) is 6.52. The summed E-state index contributed by atoms with van der Waals surface area (Å²) in [5.41, 5.74) is 6.17. The molecule has 9 heavy (non-hydrogen) atoms. The molecule has 0 saturated carbocycles. The molecule has 0 amide bonds. The van der Waals surface area contributed by atoms with Crippen LogP contribution in [-0.2, 0) is 0 Å². The molecule has 0 aromatic carbocycles. The van der Waals surface area contributed by atoms with E-state index in [1.807, 2.05) is 0 Å². The second-order valence-electron chi connectivity index (χ2n) is 3.61. The first-order valence-corrected chi connectivity index (χ1v) is 3.49. The van der Waals surface area contributed by atoms with Crippen molar-refractivity contribution in [2.45, 2.75) is 19.9 Å². The predicted molar refractivity (Wildman–Crippen MR) is 39.3 cm³/mol. The molecule has 2 heteroatoms. The van der Waals surface area contributed by atoms with Gasteiger partial charge in [0, 0.05) is 24.5 Å². The standard InChI is InChI=1S/C7H16N2/c1-6(8)7(2)4-9(3)5-7/h6H,4-5,8H2,1-3H3. The minimum absolute atomic E-state index is 0.341. The molecule has 1 aliphatic heterocycles. The van der Waals surface area contributed by atoms with Gasteiger partial charge in [-0.3, -0.25) is 0 Å². The summed E-state index contributed by atoms with van der Waals surface area (Å²) in [6.45, 7) is 6.65. The van der Waals surface area contributed by atoms with Gasteiger partial charge in [0.1, 0.15) is 0 Å². The Morgan fingerprint density at radius 3 is 2.11 bits per heavy atom. The van der Waals surface area contributed by atoms with Gasteiger partial charge in [0.2, 0.25) is 0 Å². The molecule has 0 radical (unpaired) electrons. The zero-order valence-corrected chi connectivity index (χ0v) is 6.52. The minimum Gasteiger partial charge on any atom is -0.327 e. The molecule has 1 heterocycles. The molecule has 0 bridgehead atoms. The van der Waals surface area contributed by atoms with E-state index in [0.29, 0.717) is 11.5 Å². The topological polar surface area (TPSA) is 29.3 Å². The fourth-order valence-corrected chi connectivity index (χ4v) is 1.47. The SMILES string of the molecule is CC(N)C1(C)CN(C)C1. The maximum Gasteiger partial charge on any atom is 0.00889 e. The Balaban J connectivity index is 2.40. The third-order valence-corrected chi connectivity index (χ3v) is 2.36. The van der Waals surface area contributed by atoms with Crippen molar-refractivity contribution in [2.24, 2.45) is 11.1 Å². The van der Waals surface area contributed by atoms with Crippen LogP contribution in [0.25, 0.3) is 0 Å². The first-order valence-electron chi connectivity index (χ1n) is 3.49. The van der Waals surface area contributed by atoms with E-state index in [2.05, 4.69) is 25.8 Å². The Labute approximate surface area is 57.0 Å². The van der Waals surface area contributed by atoms with E-state index in [1.165, 1.54) is 0 Å². The molecule has 0 aromatic heterocycles. The largest absolute Gasteiger partial charge is 0.327 e. The van der Waals surface area contributed by atoms with Gasteiger partial charge in [-0.15, -0.1) is 0 Å². The third kappa shape index (κ3) is 1.10. The van der Waals surface area contributed by atoms with Gasteiger partial charge in [0.15, 0.2) is 0 Å². The van der Waals surface area contributed by atoms with Crippen LogP contribution >= 0.6 is 0 Å². The molecular formula is C7H16N2. The highest BCUT2D eigenvalue weighted by Crippen LogP contribution is 2.30. The van der Waals surface area contributed by atoms with Gasteiger partial charge < -0.3 is 10.6 Å². The van der Waals surface area contributed by atoms with Gasteiger partial charge in [-0.25, -0.2) is 0 Å². The minimum atomic E-state index is 0.341. The highest BCUT2D eigenvalue weighted by molar-refractivity contribution is 4.95. The second kappa shape index (κ2) is 1.96. The van der Waals surface area contributed by atoms with Crippen LogP contribution in [0.5, 0.6) is 0 Å². The predicted octanol–water partition coefficient (Wildman–Crippen LogP) is 0.285. The summed E-state index contributed by atoms with van der Waals surface area (Å²) < 4.78 is 0. The fraction of sp³-hybridized carbons (Fsp3) is 1.00. The van der Waals surface area contributed by atoms with E-state index in [-0.39, 0.29) is 0 Å². The summed E-state index contributed by atoms with van der Waals surface area (Å²) in [6.07, 6.45) is 0. The van der Waals surface area contributed by atoms with Crippen molar-refractivity contribution in [3.8, 4) is 0 Å². The molecule has 0 spiro atoms. The summed E-state index contributed by atoms with van der Waals surface area (Å²) in [5, 5.41) is 0. The van der Waals surface area contributed by atoms with E-state index >= 15 is 0 Å². The van der Waals surface area contributed by atoms with Crippen LogP contribution in [0.15, 0.2) is 0 Å². The third-order valence-electron chi connectivity index (χ3n) is 2.36. The monoisotopic (exact) mass is 128 g/mol. The molecule has 54 valence electrons. The molecule has 0 aliphatic carbocycles. The summed E-state index contributed by atoms with van der Waals surface area (Å²) in [6, 6.07) is 0.341. The quantitative estimate of drug-likeness (QED) is 0.550. The van der Waals surface area contributed by atoms with Crippen LogP contribution in [0.3, 0.4) is 0 Å². The van der Waals surface area contributed by atoms with E-state index in [4.69, 9.17) is 5.73 Å². The van der Waals surface area contributed by atoms with Crippen molar-refractivity contribution in [3.63, 3.8) is 0 Å². The van der Waals surface area contributed by atoms with Gasteiger partial charge in [-0.1, -0.05) is 6.92 Å². The Morgan fingerprint density at radius 2 is 2.00 bits per heavy atom. The molecule has 1 unspecified atom stereocenters. The lowest BCUT2D eigenvalue weighted by molar-refractivity contribution is 0.0212. The highest BCUT2D eigenvalue weighted by atomic mass is 15.2. The number of nitrogens with zero attached hydrogens (tertiary/aromatic N) is 1. The Kier molecular flexibility index (Phi) is 1.53. The van der Waals surface area contributed by atoms with E-state index < -0.39 is 0 Å². The maximum absolute atomic E-state index is 5.77. The first kappa shape index (κ1) is 7.03. The Bertz CT molecular complexity index is 103. The maximum atomic E-state index is 5.77. The molecule has 1 atom stereocenters. The summed E-state index contributed by atoms with van der Waals surface area (Å²) in [5.74, 6) is 0. The lowest BCUT2D eigenvalue weighted by Crippen LogP contribution is -2.60. The highest BCUT2D eigenvalue weighted by Gasteiger charge is 2.39. The van der Waals surface area contributed by atoms with Gasteiger partial charge in [0.05, 0.1) is 0 Å². The van der Waals surface area contributed by atoms with Crippen LogP contribution in [0.1, 0.15) is 13.8 Å². The van der Waals surface area contributed by atoms with Crippen molar-refractivity contribution in [1.82, 2.24) is 4.90 Å². The van der Waals surface area contributed by atoms with Crippen molar-refractivity contribution >= 4 is 0 Å². The first-order chi connectivity index (χ1) is 4.04. The molecule has 1 aliphatic rings. The summed E-state index contributed by atoms with van der Waals surface area (Å²) in [4.78, 5) is 2.30. The molecule has 1 saturated heterocycles. The van der Waals surface area contributed by atoms with Crippen LogP contribution in [0, 0.1) is 5.41 Å². The normalized spacial score (nSPS) is 29.3. The van der Waals surface area contributed by atoms with Crippen molar-refractivity contribution in [3.05, 3.63) is 0 Å². The van der Waals surface area contributed by atoms with Crippen LogP contribution in [0.2, 0.25) is 0 Å². The van der Waals surface area contributed by atoms with E-state index in [1.54, 1.807) is 0 Å². The summed E-state index contributed by atoms with van der Waals surface area (Å²) >= 11 is 0. The molecule has 0 aromatic rings. The number of rotatable bonds is 1. The molecule has 2 nitrogen and oxygen atoms in total. The lowest BCUT2D eigenvalue weighted by atomic mass is 9.77. The van der Waals surface area contributed by atoms with Crippen LogP contribution in [-0.4, -0.2) is 31.1 Å². The van der Waals surface area contributed by atoms with Crippen molar-refractivity contribution in [1.29, 1.82) is 0 Å². The van der Waals surface area contributed by atoms with Crippen molar-refractivity contribution in [2.75, 3.05) is 20.1 Å². The lowest BCUT2D eigenvalue weighted by Gasteiger charge is -2.48. The number of hydrogen-bond acceptors (Lipinski definition) is 2. The molecule has 1 fully saturated rings. The number of likely N-dealkylation sites (tertiary alicyclic amines) is 1. The Morgan fingerprint density at radius 1 is 1.56 bits per heavy atom. The second-order valence-corrected chi connectivity index (χ2v) is 3.61. The summed E-state index contributed by atoms with van der Waals surface area (Å²) in [7, 11) is 2.13. The number of nitrogens with two attached hydrogens (primary N) is 1. The van der Waals surface area contributed by atoms with Crippen LogP contribution < -0.4 is 5.73 Å². The van der Waals surface area contributed by atoms with Gasteiger partial charge in [0.25, 0.3) is 0 Å². The molecule has 1 rings (SSSR count). The van der Waals surface area contributed by atoms with E-state index in [9.17, 15) is 0 Å². The average Bonchev–Trinajstić information content (AvgIpc) is 1.62. The van der Waals surface area contributed by atoms with Crippen LogP contribution in [0.4, 0.5) is 0 Å². The zero-order chi connectivity index (χ0) is 7.07. The number of hydrogen-bond donors (Lipinski definition) is 1. The van der Waals surface area contributed by atoms with Crippen molar-refractivity contribution < 1.29 is 0 Å². The van der Waals surface area contributed by atoms with Gasteiger partial charge in [-0.05, 0) is 14.0 Å². The molecule has 2 N–H and O–H groups in total. The van der Waals surface area contributed by atoms with E-state index in [0.717, 1.165) is 13.1 Å².